The number of fused-ring (bicyclic) bond motifs is 1. The van der Waals surface area contributed by atoms with Crippen molar-refractivity contribution in [3.8, 4) is 0 Å². The molecule has 2 aromatic rings. The van der Waals surface area contributed by atoms with E-state index in [0.717, 1.165) is 10.5 Å². The molecule has 0 unspecified atom stereocenters. The minimum atomic E-state index is -0.692. The van der Waals surface area contributed by atoms with Crippen molar-refractivity contribution in [3.63, 3.8) is 0 Å². The van der Waals surface area contributed by atoms with Gasteiger partial charge >= 0.3 is 6.03 Å². The fourth-order valence-electron chi connectivity index (χ4n) is 4.03. The fourth-order valence-corrected chi connectivity index (χ4v) is 4.03. The number of carbonyl (C=O) groups is 3. The molecule has 2 aliphatic heterocycles. The number of rotatable bonds is 2. The summed E-state index contributed by atoms with van der Waals surface area (Å²) in [6, 6.07) is 14.9. The molecule has 29 heavy (non-hydrogen) atoms. The highest BCUT2D eigenvalue weighted by Crippen LogP contribution is 2.29. The molecule has 0 bridgehead atoms. The molecule has 2 fully saturated rings. The van der Waals surface area contributed by atoms with Crippen LogP contribution in [0.3, 0.4) is 0 Å². The van der Waals surface area contributed by atoms with E-state index in [-0.39, 0.29) is 23.3 Å². The minimum absolute atomic E-state index is 0.000119. The molecule has 0 aromatic heterocycles. The molecule has 0 radical (unpaired) electrons. The summed E-state index contributed by atoms with van der Waals surface area (Å²) in [7, 11) is 0. The van der Waals surface area contributed by atoms with Gasteiger partial charge in [-0.2, -0.15) is 0 Å². The highest BCUT2D eigenvalue weighted by atomic mass is 16.2. The van der Waals surface area contributed by atoms with Crippen LogP contribution in [-0.2, 0) is 10.2 Å². The van der Waals surface area contributed by atoms with Crippen molar-refractivity contribution < 1.29 is 14.4 Å². The van der Waals surface area contributed by atoms with E-state index in [9.17, 15) is 14.4 Å². The van der Waals surface area contributed by atoms with Crippen molar-refractivity contribution in [2.24, 2.45) is 0 Å². The lowest BCUT2D eigenvalue weighted by Gasteiger charge is -2.36. The largest absolute Gasteiger partial charge is 0.332 e. The van der Waals surface area contributed by atoms with Crippen molar-refractivity contribution in [2.45, 2.75) is 44.7 Å². The second-order valence-corrected chi connectivity index (χ2v) is 8.62. The topological polar surface area (TPSA) is 69.7 Å². The van der Waals surface area contributed by atoms with E-state index in [2.05, 4.69) is 26.1 Å². The van der Waals surface area contributed by atoms with Crippen LogP contribution in [0.5, 0.6) is 0 Å². The summed E-state index contributed by atoms with van der Waals surface area (Å²) in [6.07, 6.45) is 0.566. The lowest BCUT2D eigenvalue weighted by Crippen LogP contribution is -2.65. The van der Waals surface area contributed by atoms with Gasteiger partial charge in [0.25, 0.3) is 11.8 Å². The van der Waals surface area contributed by atoms with Crippen LogP contribution in [0.1, 0.15) is 43.1 Å². The maximum Gasteiger partial charge on any atom is 0.329 e. The lowest BCUT2D eigenvalue weighted by molar-refractivity contribution is -0.122. The maximum absolute atomic E-state index is 13.2. The van der Waals surface area contributed by atoms with Gasteiger partial charge in [-0.05, 0) is 41.7 Å². The number of amides is 4. The average molecular weight is 391 g/mol. The van der Waals surface area contributed by atoms with Crippen molar-refractivity contribution in [3.05, 3.63) is 65.7 Å². The van der Waals surface area contributed by atoms with Gasteiger partial charge in [0.2, 0.25) is 0 Å². The molecule has 6 nitrogen and oxygen atoms in total. The molecule has 0 aliphatic carbocycles. The van der Waals surface area contributed by atoms with Crippen LogP contribution in [-0.4, -0.2) is 41.4 Å². The van der Waals surface area contributed by atoms with Crippen LogP contribution in [0.4, 0.5) is 10.5 Å². The molecule has 2 atom stereocenters. The van der Waals surface area contributed by atoms with Crippen molar-refractivity contribution in [1.29, 1.82) is 0 Å². The number of para-hydroxylation sites is 1. The summed E-state index contributed by atoms with van der Waals surface area (Å²) < 4.78 is 0. The van der Waals surface area contributed by atoms with Crippen LogP contribution in [0.15, 0.2) is 54.6 Å². The van der Waals surface area contributed by atoms with Crippen LogP contribution in [0.25, 0.3) is 0 Å². The number of urea groups is 1. The predicted molar refractivity (Wildman–Crippen MR) is 111 cm³/mol. The molecule has 2 aliphatic rings. The number of hydrogen-bond acceptors (Lipinski definition) is 3. The second kappa shape index (κ2) is 7.03. The lowest BCUT2D eigenvalue weighted by atomic mass is 9.86. The third kappa shape index (κ3) is 3.39. The van der Waals surface area contributed by atoms with Crippen molar-refractivity contribution >= 4 is 23.5 Å². The number of hydrogen-bond donors (Lipinski definition) is 1. The summed E-state index contributed by atoms with van der Waals surface area (Å²) in [6.45, 7) is 6.80. The van der Waals surface area contributed by atoms with Gasteiger partial charge in [0.15, 0.2) is 0 Å². The first kappa shape index (κ1) is 19.2. The first-order valence-electron chi connectivity index (χ1n) is 9.88. The molecular formula is C23H25N3O3. The minimum Gasteiger partial charge on any atom is -0.332 e. The summed E-state index contributed by atoms with van der Waals surface area (Å²) in [5.41, 5.74) is 2.20. The molecule has 0 saturated carbocycles. The van der Waals surface area contributed by atoms with Crippen LogP contribution >= 0.6 is 0 Å². The number of benzene rings is 2. The van der Waals surface area contributed by atoms with E-state index in [1.807, 2.05) is 30.3 Å². The van der Waals surface area contributed by atoms with E-state index >= 15 is 0 Å². The van der Waals surface area contributed by atoms with Crippen molar-refractivity contribution in [2.75, 3.05) is 11.4 Å². The molecule has 0 spiro atoms. The summed E-state index contributed by atoms with van der Waals surface area (Å²) >= 11 is 0. The first-order valence-corrected chi connectivity index (χ1v) is 9.88. The van der Waals surface area contributed by atoms with Gasteiger partial charge in [0, 0.05) is 12.1 Å². The Hall–Kier alpha value is -3.15. The number of imide groups is 1. The van der Waals surface area contributed by atoms with Gasteiger partial charge in [-0.3, -0.25) is 9.59 Å². The zero-order valence-electron chi connectivity index (χ0n) is 16.9. The van der Waals surface area contributed by atoms with Gasteiger partial charge in [0.05, 0.1) is 11.7 Å². The highest BCUT2D eigenvalue weighted by Gasteiger charge is 2.49. The Balaban J connectivity index is 1.60. The molecule has 2 saturated heterocycles. The van der Waals surface area contributed by atoms with Gasteiger partial charge < -0.3 is 10.2 Å². The van der Waals surface area contributed by atoms with E-state index in [1.165, 1.54) is 0 Å². The molecule has 2 aromatic carbocycles. The molecular weight excluding hydrogens is 366 g/mol. The highest BCUT2D eigenvalue weighted by molar-refractivity contribution is 6.19. The fraction of sp³-hybridized carbons (Fsp3) is 0.348. The smallest absolute Gasteiger partial charge is 0.329 e. The SMILES string of the molecule is CC(C)(C)c1ccc(C(=O)N2CC[C@H]3NC(=O)N(c4ccccc4)C(=O)[C@H]32)cc1. The number of likely N-dealkylation sites (tertiary alicyclic amines) is 1. The summed E-state index contributed by atoms with van der Waals surface area (Å²) in [4.78, 5) is 41.6. The summed E-state index contributed by atoms with van der Waals surface area (Å²) in [5.74, 6) is -0.544. The number of nitrogens with zero attached hydrogens (tertiary/aromatic N) is 2. The zero-order valence-corrected chi connectivity index (χ0v) is 16.9. The van der Waals surface area contributed by atoms with Crippen molar-refractivity contribution in [1.82, 2.24) is 10.2 Å². The Labute approximate surface area is 170 Å². The van der Waals surface area contributed by atoms with E-state index in [0.29, 0.717) is 24.2 Å². The average Bonchev–Trinajstić information content (AvgIpc) is 3.11. The van der Waals surface area contributed by atoms with E-state index < -0.39 is 12.1 Å². The Morgan fingerprint density at radius 3 is 2.28 bits per heavy atom. The quantitative estimate of drug-likeness (QED) is 0.854. The van der Waals surface area contributed by atoms with E-state index in [4.69, 9.17) is 0 Å². The summed E-state index contributed by atoms with van der Waals surface area (Å²) in [5, 5.41) is 2.89. The third-order valence-electron chi connectivity index (χ3n) is 5.66. The third-order valence-corrected chi connectivity index (χ3v) is 5.66. The molecule has 4 amide bonds. The number of anilines is 1. The molecule has 1 N–H and O–H groups in total. The van der Waals surface area contributed by atoms with Gasteiger partial charge in [-0.15, -0.1) is 0 Å². The maximum atomic E-state index is 13.2. The molecule has 150 valence electrons. The Morgan fingerprint density at radius 1 is 1.00 bits per heavy atom. The molecule has 6 heteroatoms. The van der Waals surface area contributed by atoms with Crippen LogP contribution < -0.4 is 10.2 Å². The van der Waals surface area contributed by atoms with Crippen LogP contribution in [0, 0.1) is 0 Å². The number of nitrogens with one attached hydrogen (secondary N) is 1. The molecule has 4 rings (SSSR count). The first-order chi connectivity index (χ1) is 13.8. The second-order valence-electron chi connectivity index (χ2n) is 8.62. The normalized spacial score (nSPS) is 21.8. The Morgan fingerprint density at radius 2 is 1.66 bits per heavy atom. The van der Waals surface area contributed by atoms with E-state index in [1.54, 1.807) is 29.2 Å². The van der Waals surface area contributed by atoms with Crippen LogP contribution in [0.2, 0.25) is 0 Å². The predicted octanol–water partition coefficient (Wildman–Crippen LogP) is 3.32. The molecule has 2 heterocycles. The van der Waals surface area contributed by atoms with Gasteiger partial charge in [0.1, 0.15) is 6.04 Å². The van der Waals surface area contributed by atoms with Gasteiger partial charge in [-0.1, -0.05) is 51.1 Å². The standard InChI is InChI=1S/C23H25N3O3/c1-23(2,3)16-11-9-15(10-12-16)20(27)25-14-13-18-19(25)21(28)26(22(29)24-18)17-7-5-4-6-8-17/h4-12,18-19H,13-14H2,1-3H3,(H,24,29)/t18-,19+/m1/s1. The Kier molecular flexibility index (Phi) is 4.65. The zero-order chi connectivity index (χ0) is 20.8. The Bertz CT molecular complexity index is 948. The number of carbonyl (C=O) groups excluding carboxylic acids is 3. The van der Waals surface area contributed by atoms with Gasteiger partial charge in [-0.25, -0.2) is 9.69 Å². The monoisotopic (exact) mass is 391 g/mol.